The van der Waals surface area contributed by atoms with Gasteiger partial charge in [-0.3, -0.25) is 4.79 Å². The molecule has 1 aliphatic rings. The molecule has 0 fully saturated rings. The summed E-state index contributed by atoms with van der Waals surface area (Å²) in [7, 11) is 1.67. The zero-order chi connectivity index (χ0) is 13.3. The van der Waals surface area contributed by atoms with Crippen LogP contribution in [0.25, 0.3) is 0 Å². The highest BCUT2D eigenvalue weighted by atomic mass is 16.5. The number of benzene rings is 1. The van der Waals surface area contributed by atoms with E-state index >= 15 is 0 Å². The van der Waals surface area contributed by atoms with Gasteiger partial charge >= 0.3 is 0 Å². The molecule has 98 valence electrons. The fourth-order valence-electron chi connectivity index (χ4n) is 2.31. The minimum atomic E-state index is -0.846. The highest BCUT2D eigenvalue weighted by Crippen LogP contribution is 2.36. The smallest absolute Gasteiger partial charge is 0.239 e. The Labute approximate surface area is 108 Å². The van der Waals surface area contributed by atoms with Gasteiger partial charge in [-0.1, -0.05) is 12.1 Å². The van der Waals surface area contributed by atoms with Crippen LogP contribution in [0.2, 0.25) is 0 Å². The Morgan fingerprint density at radius 1 is 1.50 bits per heavy atom. The van der Waals surface area contributed by atoms with Crippen LogP contribution in [0, 0.1) is 0 Å². The molecule has 4 heteroatoms. The number of carbonyl (C=O) groups is 1. The van der Waals surface area contributed by atoms with Gasteiger partial charge in [0.05, 0.1) is 18.7 Å². The van der Waals surface area contributed by atoms with Crippen molar-refractivity contribution in [2.45, 2.75) is 38.3 Å². The number of fused-ring (bicyclic) bond motifs is 1. The van der Waals surface area contributed by atoms with Crippen molar-refractivity contribution in [3.05, 3.63) is 29.3 Å². The summed E-state index contributed by atoms with van der Waals surface area (Å²) in [5.41, 5.74) is 7.29. The van der Waals surface area contributed by atoms with Crippen molar-refractivity contribution in [2.24, 2.45) is 5.73 Å². The lowest BCUT2D eigenvalue weighted by Crippen LogP contribution is -2.49. The maximum atomic E-state index is 11.9. The van der Waals surface area contributed by atoms with Crippen LogP contribution in [0.4, 0.5) is 0 Å². The van der Waals surface area contributed by atoms with Gasteiger partial charge in [-0.2, -0.15) is 0 Å². The molecule has 0 bridgehead atoms. The van der Waals surface area contributed by atoms with Crippen LogP contribution < -0.4 is 15.8 Å². The fraction of sp³-hybridized carbons (Fsp3) is 0.500. The molecule has 0 aliphatic heterocycles. The summed E-state index contributed by atoms with van der Waals surface area (Å²) in [4.78, 5) is 11.9. The van der Waals surface area contributed by atoms with Gasteiger partial charge in [0.1, 0.15) is 5.75 Å². The molecule has 0 spiro atoms. The van der Waals surface area contributed by atoms with Crippen LogP contribution in [-0.2, 0) is 11.2 Å². The first-order valence-corrected chi connectivity index (χ1v) is 6.19. The van der Waals surface area contributed by atoms with Crippen molar-refractivity contribution in [1.82, 2.24) is 5.32 Å². The number of rotatable bonds is 3. The molecule has 0 heterocycles. The molecular formula is C14H20N2O2. The lowest BCUT2D eigenvalue weighted by molar-refractivity contribution is -0.126. The van der Waals surface area contributed by atoms with Gasteiger partial charge in [0.2, 0.25) is 5.91 Å². The van der Waals surface area contributed by atoms with Gasteiger partial charge in [-0.05, 0) is 43.9 Å². The minimum absolute atomic E-state index is 0.0467. The van der Waals surface area contributed by atoms with E-state index in [0.717, 1.165) is 24.2 Å². The maximum absolute atomic E-state index is 11.9. The molecule has 1 aliphatic carbocycles. The summed E-state index contributed by atoms with van der Waals surface area (Å²) in [6, 6.07) is 6.00. The predicted molar refractivity (Wildman–Crippen MR) is 70.5 cm³/mol. The van der Waals surface area contributed by atoms with E-state index in [1.807, 2.05) is 18.2 Å². The lowest BCUT2D eigenvalue weighted by atomic mass is 10.0. The molecule has 3 N–H and O–H groups in total. The number of hydrogen-bond donors (Lipinski definition) is 2. The number of methoxy groups -OCH3 is 1. The van der Waals surface area contributed by atoms with Crippen molar-refractivity contribution < 1.29 is 9.53 Å². The third kappa shape index (κ3) is 2.34. The molecule has 1 amide bonds. The van der Waals surface area contributed by atoms with Crippen molar-refractivity contribution >= 4 is 5.91 Å². The highest BCUT2D eigenvalue weighted by molar-refractivity contribution is 5.85. The Kier molecular flexibility index (Phi) is 3.30. The van der Waals surface area contributed by atoms with Gasteiger partial charge in [-0.25, -0.2) is 0 Å². The number of amides is 1. The zero-order valence-corrected chi connectivity index (χ0v) is 11.1. The van der Waals surface area contributed by atoms with Crippen LogP contribution in [0.3, 0.4) is 0 Å². The third-order valence-electron chi connectivity index (χ3n) is 3.34. The standard InChI is InChI=1S/C14H20N2O2/c1-14(2,15)13(17)16-11-8-7-10-9(11)5-4-6-12(10)18-3/h4-6,11H,7-8,15H2,1-3H3,(H,16,17). The van der Waals surface area contributed by atoms with Crippen LogP contribution >= 0.6 is 0 Å². The van der Waals surface area contributed by atoms with E-state index in [0.29, 0.717) is 0 Å². The van der Waals surface area contributed by atoms with E-state index in [4.69, 9.17) is 10.5 Å². The normalized spacial score (nSPS) is 18.3. The van der Waals surface area contributed by atoms with Crippen LogP contribution in [-0.4, -0.2) is 18.6 Å². The average Bonchev–Trinajstić information content (AvgIpc) is 2.71. The Hall–Kier alpha value is -1.55. The van der Waals surface area contributed by atoms with E-state index < -0.39 is 5.54 Å². The largest absolute Gasteiger partial charge is 0.496 e. The Morgan fingerprint density at radius 3 is 2.83 bits per heavy atom. The van der Waals surface area contributed by atoms with Crippen molar-refractivity contribution in [2.75, 3.05) is 7.11 Å². The first-order valence-electron chi connectivity index (χ1n) is 6.19. The molecule has 1 atom stereocenters. The number of nitrogens with two attached hydrogens (primary N) is 1. The van der Waals surface area contributed by atoms with Gasteiger partial charge in [0, 0.05) is 0 Å². The molecule has 4 nitrogen and oxygen atoms in total. The minimum Gasteiger partial charge on any atom is -0.496 e. The number of hydrogen-bond acceptors (Lipinski definition) is 3. The Morgan fingerprint density at radius 2 is 2.22 bits per heavy atom. The summed E-state index contributed by atoms with van der Waals surface area (Å²) < 4.78 is 5.34. The lowest BCUT2D eigenvalue weighted by Gasteiger charge is -2.22. The summed E-state index contributed by atoms with van der Waals surface area (Å²) in [6.07, 6.45) is 1.83. The second-order valence-electron chi connectivity index (χ2n) is 5.31. The van der Waals surface area contributed by atoms with E-state index in [9.17, 15) is 4.79 Å². The summed E-state index contributed by atoms with van der Waals surface area (Å²) in [5.74, 6) is 0.777. The highest BCUT2D eigenvalue weighted by Gasteiger charge is 2.30. The molecule has 1 aromatic rings. The molecule has 0 aromatic heterocycles. The van der Waals surface area contributed by atoms with Crippen molar-refractivity contribution in [3.8, 4) is 5.75 Å². The summed E-state index contributed by atoms with van der Waals surface area (Å²) in [6.45, 7) is 3.42. The number of ether oxygens (including phenoxy) is 1. The van der Waals surface area contributed by atoms with Gasteiger partial charge in [0.25, 0.3) is 0 Å². The quantitative estimate of drug-likeness (QED) is 0.852. The predicted octanol–water partition coefficient (Wildman–Crippen LogP) is 1.54. The molecule has 0 saturated carbocycles. The third-order valence-corrected chi connectivity index (χ3v) is 3.34. The molecular weight excluding hydrogens is 228 g/mol. The Balaban J connectivity index is 2.20. The number of nitrogens with one attached hydrogen (secondary N) is 1. The molecule has 2 rings (SSSR count). The van der Waals surface area contributed by atoms with E-state index in [1.54, 1.807) is 21.0 Å². The average molecular weight is 248 g/mol. The van der Waals surface area contributed by atoms with Crippen molar-refractivity contribution in [3.63, 3.8) is 0 Å². The van der Waals surface area contributed by atoms with Gasteiger partial charge in [-0.15, -0.1) is 0 Å². The summed E-state index contributed by atoms with van der Waals surface area (Å²) >= 11 is 0. The van der Waals surface area contributed by atoms with Gasteiger partial charge in [0.15, 0.2) is 0 Å². The van der Waals surface area contributed by atoms with Crippen LogP contribution in [0.5, 0.6) is 5.75 Å². The van der Waals surface area contributed by atoms with Gasteiger partial charge < -0.3 is 15.8 Å². The molecule has 0 saturated heterocycles. The zero-order valence-electron chi connectivity index (χ0n) is 11.1. The number of carbonyl (C=O) groups excluding carboxylic acids is 1. The SMILES string of the molecule is COc1cccc2c1CCC2NC(=O)C(C)(C)N. The topological polar surface area (TPSA) is 64.3 Å². The van der Waals surface area contributed by atoms with Crippen molar-refractivity contribution in [1.29, 1.82) is 0 Å². The molecule has 18 heavy (non-hydrogen) atoms. The summed E-state index contributed by atoms with van der Waals surface area (Å²) in [5, 5.41) is 3.01. The van der Waals surface area contributed by atoms with E-state index in [2.05, 4.69) is 5.32 Å². The first kappa shape index (κ1) is 12.9. The maximum Gasteiger partial charge on any atom is 0.239 e. The van der Waals surface area contributed by atoms with E-state index in [1.165, 1.54) is 5.56 Å². The monoisotopic (exact) mass is 248 g/mol. The molecule has 1 aromatic carbocycles. The second kappa shape index (κ2) is 4.61. The van der Waals surface area contributed by atoms with Crippen LogP contribution in [0.1, 0.15) is 37.4 Å². The fourth-order valence-corrected chi connectivity index (χ4v) is 2.31. The molecule has 1 unspecified atom stereocenters. The van der Waals surface area contributed by atoms with E-state index in [-0.39, 0.29) is 11.9 Å². The first-order chi connectivity index (χ1) is 8.43. The Bertz CT molecular complexity index is 463. The molecule has 0 radical (unpaired) electrons. The second-order valence-corrected chi connectivity index (χ2v) is 5.31. The van der Waals surface area contributed by atoms with Crippen LogP contribution in [0.15, 0.2) is 18.2 Å².